The van der Waals surface area contributed by atoms with Gasteiger partial charge in [0.15, 0.2) is 0 Å². The number of hydrogen-bond acceptors (Lipinski definition) is 2. The van der Waals surface area contributed by atoms with Gasteiger partial charge in [0.2, 0.25) is 0 Å². The van der Waals surface area contributed by atoms with Crippen molar-refractivity contribution in [2.24, 2.45) is 0 Å². The van der Waals surface area contributed by atoms with Crippen molar-refractivity contribution in [1.29, 1.82) is 0 Å². The molecule has 1 aromatic carbocycles. The molecule has 2 aromatic rings. The number of benzene rings is 1. The van der Waals surface area contributed by atoms with Gasteiger partial charge in [-0.1, -0.05) is 30.3 Å². The topological polar surface area (TPSA) is 57.8 Å². The van der Waals surface area contributed by atoms with Crippen LogP contribution in [0.1, 0.15) is 21.7 Å². The zero-order valence-corrected chi connectivity index (χ0v) is 9.73. The van der Waals surface area contributed by atoms with Gasteiger partial charge in [0.25, 0.3) is 5.91 Å². The Morgan fingerprint density at radius 1 is 1.35 bits per heavy atom. The molecular formula is C13H15N3O. The van der Waals surface area contributed by atoms with Crippen molar-refractivity contribution in [2.75, 3.05) is 6.54 Å². The summed E-state index contributed by atoms with van der Waals surface area (Å²) in [4.78, 5) is 18.6. The fourth-order valence-corrected chi connectivity index (χ4v) is 1.64. The van der Waals surface area contributed by atoms with Crippen LogP contribution in [0.4, 0.5) is 0 Å². The predicted octanol–water partition coefficient (Wildman–Crippen LogP) is 1.69. The number of amides is 1. The van der Waals surface area contributed by atoms with Gasteiger partial charge in [0.05, 0.1) is 6.33 Å². The third-order valence-electron chi connectivity index (χ3n) is 2.59. The van der Waals surface area contributed by atoms with Gasteiger partial charge in [-0.25, -0.2) is 4.98 Å². The molecule has 0 spiro atoms. The van der Waals surface area contributed by atoms with E-state index in [1.54, 1.807) is 0 Å². The molecule has 88 valence electrons. The lowest BCUT2D eigenvalue weighted by Gasteiger charge is -2.04. The average molecular weight is 229 g/mol. The van der Waals surface area contributed by atoms with Crippen LogP contribution < -0.4 is 5.32 Å². The lowest BCUT2D eigenvalue weighted by Crippen LogP contribution is -2.26. The van der Waals surface area contributed by atoms with E-state index >= 15 is 0 Å². The SMILES string of the molecule is Cc1[nH]cnc1C(=O)NCCc1ccccc1. The monoisotopic (exact) mass is 229 g/mol. The van der Waals surface area contributed by atoms with E-state index in [0.717, 1.165) is 12.1 Å². The average Bonchev–Trinajstić information content (AvgIpc) is 2.77. The number of carbonyl (C=O) groups excluding carboxylic acids is 1. The van der Waals surface area contributed by atoms with Crippen LogP contribution in [0.25, 0.3) is 0 Å². The van der Waals surface area contributed by atoms with Gasteiger partial charge in [-0.2, -0.15) is 0 Å². The molecule has 0 atom stereocenters. The van der Waals surface area contributed by atoms with E-state index in [4.69, 9.17) is 0 Å². The molecule has 0 radical (unpaired) electrons. The second-order valence-corrected chi connectivity index (χ2v) is 3.87. The number of nitrogens with one attached hydrogen (secondary N) is 2. The summed E-state index contributed by atoms with van der Waals surface area (Å²) < 4.78 is 0. The second-order valence-electron chi connectivity index (χ2n) is 3.87. The third kappa shape index (κ3) is 2.93. The maximum atomic E-state index is 11.7. The van der Waals surface area contributed by atoms with E-state index in [-0.39, 0.29) is 5.91 Å². The van der Waals surface area contributed by atoms with Gasteiger partial charge in [0, 0.05) is 12.2 Å². The largest absolute Gasteiger partial charge is 0.350 e. The highest BCUT2D eigenvalue weighted by Gasteiger charge is 2.10. The lowest BCUT2D eigenvalue weighted by molar-refractivity contribution is 0.0949. The second kappa shape index (κ2) is 5.30. The molecule has 0 saturated carbocycles. The Hall–Kier alpha value is -2.10. The molecule has 0 unspecified atom stereocenters. The highest BCUT2D eigenvalue weighted by atomic mass is 16.1. The zero-order chi connectivity index (χ0) is 12.1. The van der Waals surface area contributed by atoms with Crippen LogP contribution in [0.3, 0.4) is 0 Å². The number of carbonyl (C=O) groups is 1. The summed E-state index contributed by atoms with van der Waals surface area (Å²) in [5.41, 5.74) is 2.48. The molecule has 2 N–H and O–H groups in total. The summed E-state index contributed by atoms with van der Waals surface area (Å²) in [5, 5.41) is 2.85. The van der Waals surface area contributed by atoms with Crippen molar-refractivity contribution < 1.29 is 4.79 Å². The van der Waals surface area contributed by atoms with Crippen LogP contribution in [0.5, 0.6) is 0 Å². The predicted molar refractivity (Wildman–Crippen MR) is 65.8 cm³/mol. The molecule has 4 heteroatoms. The summed E-state index contributed by atoms with van der Waals surface area (Å²) in [6.45, 7) is 2.45. The molecule has 0 aliphatic rings. The first-order valence-corrected chi connectivity index (χ1v) is 5.59. The van der Waals surface area contributed by atoms with Crippen molar-refractivity contribution in [2.45, 2.75) is 13.3 Å². The number of imidazole rings is 1. The van der Waals surface area contributed by atoms with Crippen molar-refractivity contribution in [3.05, 3.63) is 53.6 Å². The highest BCUT2D eigenvalue weighted by molar-refractivity contribution is 5.93. The minimum atomic E-state index is -0.125. The van der Waals surface area contributed by atoms with E-state index in [2.05, 4.69) is 15.3 Å². The molecular weight excluding hydrogens is 214 g/mol. The third-order valence-corrected chi connectivity index (χ3v) is 2.59. The van der Waals surface area contributed by atoms with Gasteiger partial charge < -0.3 is 10.3 Å². The number of aryl methyl sites for hydroxylation is 1. The lowest BCUT2D eigenvalue weighted by atomic mass is 10.1. The first-order valence-electron chi connectivity index (χ1n) is 5.59. The fraction of sp³-hybridized carbons (Fsp3) is 0.231. The summed E-state index contributed by atoms with van der Waals surface area (Å²) in [7, 11) is 0. The number of aromatic amines is 1. The highest BCUT2D eigenvalue weighted by Crippen LogP contribution is 2.01. The maximum absolute atomic E-state index is 11.7. The molecule has 2 rings (SSSR count). The Labute approximate surface area is 100 Å². The Morgan fingerprint density at radius 3 is 2.76 bits per heavy atom. The number of aromatic nitrogens is 2. The minimum Gasteiger partial charge on any atom is -0.350 e. The Bertz CT molecular complexity index is 490. The molecule has 1 amide bonds. The fourth-order valence-electron chi connectivity index (χ4n) is 1.64. The summed E-state index contributed by atoms with van der Waals surface area (Å²) in [6.07, 6.45) is 2.36. The van der Waals surface area contributed by atoms with Crippen LogP contribution in [0.15, 0.2) is 36.7 Å². The molecule has 0 aliphatic heterocycles. The quantitative estimate of drug-likeness (QED) is 0.838. The standard InChI is InChI=1S/C13H15N3O/c1-10-12(16-9-15-10)13(17)14-8-7-11-5-3-2-4-6-11/h2-6,9H,7-8H2,1H3,(H,14,17)(H,15,16). The van der Waals surface area contributed by atoms with E-state index in [9.17, 15) is 4.79 Å². The van der Waals surface area contributed by atoms with Crippen molar-refractivity contribution >= 4 is 5.91 Å². The normalized spacial score (nSPS) is 10.2. The molecule has 1 heterocycles. The number of rotatable bonds is 4. The Balaban J connectivity index is 1.84. The molecule has 1 aromatic heterocycles. The first kappa shape index (κ1) is 11.4. The van der Waals surface area contributed by atoms with E-state index in [1.165, 1.54) is 11.9 Å². The van der Waals surface area contributed by atoms with Gasteiger partial charge in [-0.15, -0.1) is 0 Å². The smallest absolute Gasteiger partial charge is 0.271 e. The number of nitrogens with zero attached hydrogens (tertiary/aromatic N) is 1. The Kier molecular flexibility index (Phi) is 3.55. The van der Waals surface area contributed by atoms with Gasteiger partial charge in [-0.3, -0.25) is 4.79 Å². The summed E-state index contributed by atoms with van der Waals surface area (Å²) in [6, 6.07) is 10.1. The van der Waals surface area contributed by atoms with Gasteiger partial charge in [0.1, 0.15) is 5.69 Å². The minimum absolute atomic E-state index is 0.125. The molecule has 0 bridgehead atoms. The number of hydrogen-bond donors (Lipinski definition) is 2. The van der Waals surface area contributed by atoms with Crippen molar-refractivity contribution in [3.8, 4) is 0 Å². The van der Waals surface area contributed by atoms with Crippen LogP contribution in [-0.2, 0) is 6.42 Å². The summed E-state index contributed by atoms with van der Waals surface area (Å²) in [5.74, 6) is -0.125. The molecule has 17 heavy (non-hydrogen) atoms. The van der Waals surface area contributed by atoms with Crippen LogP contribution in [0, 0.1) is 6.92 Å². The van der Waals surface area contributed by atoms with E-state index < -0.39 is 0 Å². The van der Waals surface area contributed by atoms with E-state index in [0.29, 0.717) is 12.2 Å². The van der Waals surface area contributed by atoms with Gasteiger partial charge in [-0.05, 0) is 18.9 Å². The van der Waals surface area contributed by atoms with Crippen LogP contribution in [0.2, 0.25) is 0 Å². The van der Waals surface area contributed by atoms with Crippen molar-refractivity contribution in [1.82, 2.24) is 15.3 Å². The Morgan fingerprint density at radius 2 is 2.12 bits per heavy atom. The van der Waals surface area contributed by atoms with Crippen LogP contribution in [-0.4, -0.2) is 22.4 Å². The summed E-state index contributed by atoms with van der Waals surface area (Å²) >= 11 is 0. The number of H-pyrrole nitrogens is 1. The molecule has 0 saturated heterocycles. The van der Waals surface area contributed by atoms with Gasteiger partial charge >= 0.3 is 0 Å². The van der Waals surface area contributed by atoms with Crippen molar-refractivity contribution in [3.63, 3.8) is 0 Å². The zero-order valence-electron chi connectivity index (χ0n) is 9.73. The van der Waals surface area contributed by atoms with E-state index in [1.807, 2.05) is 37.3 Å². The molecule has 0 fully saturated rings. The molecule has 4 nitrogen and oxygen atoms in total. The van der Waals surface area contributed by atoms with Crippen LogP contribution >= 0.6 is 0 Å². The molecule has 0 aliphatic carbocycles. The maximum Gasteiger partial charge on any atom is 0.271 e. The first-order chi connectivity index (χ1) is 8.27.